The van der Waals surface area contributed by atoms with E-state index in [1.807, 2.05) is 29.2 Å². The van der Waals surface area contributed by atoms with Gasteiger partial charge in [-0.3, -0.25) is 19.6 Å². The van der Waals surface area contributed by atoms with E-state index in [0.717, 1.165) is 50.5 Å². The number of aliphatic imine (C=N–C) groups is 1. The van der Waals surface area contributed by atoms with Crippen molar-refractivity contribution < 1.29 is 4.79 Å². The van der Waals surface area contributed by atoms with Gasteiger partial charge in [-0.15, -0.1) is 0 Å². The van der Waals surface area contributed by atoms with Gasteiger partial charge in [0.05, 0.1) is 23.2 Å². The van der Waals surface area contributed by atoms with Gasteiger partial charge in [0, 0.05) is 31.2 Å². The Labute approximate surface area is 179 Å². The second-order valence-electron chi connectivity index (χ2n) is 9.36. The van der Waals surface area contributed by atoms with Gasteiger partial charge in [0.15, 0.2) is 0 Å². The van der Waals surface area contributed by atoms with Gasteiger partial charge in [0.25, 0.3) is 0 Å². The van der Waals surface area contributed by atoms with Crippen LogP contribution in [0, 0.1) is 5.41 Å². The summed E-state index contributed by atoms with van der Waals surface area (Å²) in [6.07, 6.45) is 6.00. The number of piperazine rings is 1. The molecular weight excluding hydrogens is 384 g/mol. The second kappa shape index (κ2) is 8.37. The number of carbonyl (C=O) groups is 1. The lowest BCUT2D eigenvalue weighted by molar-refractivity contribution is -0.126. The largest absolute Gasteiger partial charge is 0.304 e. The fraction of sp³-hybridized carbons (Fsp3) is 0.652. The Hall–Kier alpha value is -1.43. The van der Waals surface area contributed by atoms with E-state index >= 15 is 0 Å². The second-order valence-corrected chi connectivity index (χ2v) is 9.80. The van der Waals surface area contributed by atoms with E-state index in [1.165, 1.54) is 19.3 Å². The number of benzene rings is 1. The molecule has 1 saturated carbocycles. The van der Waals surface area contributed by atoms with Gasteiger partial charge >= 0.3 is 0 Å². The number of hydrogen-bond donors (Lipinski definition) is 0. The zero-order chi connectivity index (χ0) is 20.6. The summed E-state index contributed by atoms with van der Waals surface area (Å²) in [7, 11) is 2.16. The zero-order valence-electron chi connectivity index (χ0n) is 17.9. The normalized spacial score (nSPS) is 28.4. The lowest BCUT2D eigenvalue weighted by Gasteiger charge is -2.40. The molecule has 1 atom stereocenters. The molecule has 2 aliphatic heterocycles. The number of amides is 1. The predicted octanol–water partition coefficient (Wildman–Crippen LogP) is 4.06. The van der Waals surface area contributed by atoms with Crippen LogP contribution in [0.4, 0.5) is 5.69 Å². The zero-order valence-corrected chi connectivity index (χ0v) is 18.7. The Bertz CT molecular complexity index is 779. The topological polar surface area (TPSA) is 39.1 Å². The van der Waals surface area contributed by atoms with Crippen molar-refractivity contribution in [3.8, 4) is 0 Å². The van der Waals surface area contributed by atoms with E-state index in [0.29, 0.717) is 11.1 Å². The molecule has 2 saturated heterocycles. The summed E-state index contributed by atoms with van der Waals surface area (Å²) in [6, 6.07) is 7.95. The summed E-state index contributed by atoms with van der Waals surface area (Å²) >= 11 is 6.29. The molecule has 0 bridgehead atoms. The van der Waals surface area contributed by atoms with E-state index in [4.69, 9.17) is 16.6 Å². The number of rotatable bonds is 3. The van der Waals surface area contributed by atoms with Crippen LogP contribution in [0.2, 0.25) is 5.02 Å². The van der Waals surface area contributed by atoms with E-state index in [-0.39, 0.29) is 11.9 Å². The Morgan fingerprint density at radius 1 is 1.07 bits per heavy atom. The molecule has 1 aromatic carbocycles. The minimum atomic E-state index is -0.522. The van der Waals surface area contributed by atoms with Crippen molar-refractivity contribution in [1.82, 2.24) is 9.80 Å². The monoisotopic (exact) mass is 416 g/mol. The summed E-state index contributed by atoms with van der Waals surface area (Å²) in [6.45, 7) is 8.14. The first-order valence-electron chi connectivity index (χ1n) is 11.0. The quantitative estimate of drug-likeness (QED) is 0.745. The number of nitrogens with zero attached hydrogens (tertiary/aromatic N) is 4. The lowest BCUT2D eigenvalue weighted by atomic mass is 9.85. The van der Waals surface area contributed by atoms with E-state index in [1.54, 1.807) is 0 Å². The molecule has 0 N–H and O–H groups in total. The molecule has 1 aliphatic carbocycles. The molecular formula is C23H33ClN4O. The van der Waals surface area contributed by atoms with Crippen molar-refractivity contribution in [2.75, 3.05) is 38.1 Å². The minimum Gasteiger partial charge on any atom is -0.304 e. The molecule has 29 heavy (non-hydrogen) atoms. The summed E-state index contributed by atoms with van der Waals surface area (Å²) in [5.41, 5.74) is 0.313. The maximum atomic E-state index is 13.7. The summed E-state index contributed by atoms with van der Waals surface area (Å²) in [5.74, 6) is 1.05. The summed E-state index contributed by atoms with van der Waals surface area (Å²) < 4.78 is 0. The van der Waals surface area contributed by atoms with Crippen LogP contribution < -0.4 is 4.90 Å². The summed E-state index contributed by atoms with van der Waals surface area (Å²) in [5, 5.41) is 0.646. The van der Waals surface area contributed by atoms with Crippen LogP contribution in [-0.4, -0.2) is 66.9 Å². The lowest BCUT2D eigenvalue weighted by Crippen LogP contribution is -2.55. The van der Waals surface area contributed by atoms with Crippen LogP contribution in [0.25, 0.3) is 0 Å². The summed E-state index contributed by atoms with van der Waals surface area (Å²) in [4.78, 5) is 25.6. The molecule has 1 unspecified atom stereocenters. The fourth-order valence-electron chi connectivity index (χ4n) is 5.04. The van der Waals surface area contributed by atoms with Gasteiger partial charge in [-0.1, -0.05) is 36.9 Å². The molecule has 0 spiro atoms. The standard InChI is InChI=1S/C23H33ClN4O/c1-23(2)20(27-14-12-26(3)13-15-27)21(25-18-9-5-4-6-10-18)28(22(23)29)19-11-7-8-17(24)16-19/h7-8,11,16,18,20H,4-6,9-10,12-15H2,1-3H3. The molecule has 0 radical (unpaired) electrons. The highest BCUT2D eigenvalue weighted by Crippen LogP contribution is 2.40. The molecule has 4 rings (SSSR count). The highest BCUT2D eigenvalue weighted by Gasteiger charge is 2.55. The number of carbonyl (C=O) groups excluding carboxylic acids is 1. The van der Waals surface area contributed by atoms with Gasteiger partial charge in [0.2, 0.25) is 5.91 Å². The molecule has 5 nitrogen and oxygen atoms in total. The highest BCUT2D eigenvalue weighted by molar-refractivity contribution is 6.32. The first-order chi connectivity index (χ1) is 13.9. The van der Waals surface area contributed by atoms with Crippen LogP contribution >= 0.6 is 11.6 Å². The van der Waals surface area contributed by atoms with E-state index in [2.05, 4.69) is 30.7 Å². The van der Waals surface area contributed by atoms with Gasteiger partial charge < -0.3 is 4.90 Å². The molecule has 1 amide bonds. The third-order valence-electron chi connectivity index (χ3n) is 6.77. The highest BCUT2D eigenvalue weighted by atomic mass is 35.5. The van der Waals surface area contributed by atoms with E-state index < -0.39 is 5.41 Å². The molecule has 2 heterocycles. The molecule has 0 aromatic heterocycles. The average molecular weight is 417 g/mol. The van der Waals surface area contributed by atoms with Crippen molar-refractivity contribution in [2.24, 2.45) is 10.4 Å². The SMILES string of the molecule is CN1CCN(C2C(=NC3CCCCC3)N(c3cccc(Cl)c3)C(=O)C2(C)C)CC1. The Balaban J connectivity index is 1.76. The van der Waals surface area contributed by atoms with Crippen LogP contribution in [0.5, 0.6) is 0 Å². The first kappa shape index (κ1) is 20.8. The Morgan fingerprint density at radius 2 is 1.76 bits per heavy atom. The van der Waals surface area contributed by atoms with Crippen molar-refractivity contribution in [2.45, 2.75) is 58.0 Å². The number of hydrogen-bond acceptors (Lipinski definition) is 4. The van der Waals surface area contributed by atoms with Crippen LogP contribution in [-0.2, 0) is 4.79 Å². The van der Waals surface area contributed by atoms with Gasteiger partial charge in [-0.25, -0.2) is 0 Å². The van der Waals surface area contributed by atoms with Crippen molar-refractivity contribution >= 4 is 29.0 Å². The van der Waals surface area contributed by atoms with Crippen molar-refractivity contribution in [1.29, 1.82) is 0 Å². The number of likely N-dealkylation sites (N-methyl/N-ethyl adjacent to an activating group) is 1. The average Bonchev–Trinajstić information content (AvgIpc) is 2.89. The number of amidine groups is 1. The first-order valence-corrected chi connectivity index (χ1v) is 11.4. The number of anilines is 1. The molecule has 3 fully saturated rings. The van der Waals surface area contributed by atoms with Crippen LogP contribution in [0.1, 0.15) is 46.0 Å². The maximum Gasteiger partial charge on any atom is 0.240 e. The predicted molar refractivity (Wildman–Crippen MR) is 120 cm³/mol. The van der Waals surface area contributed by atoms with Gasteiger partial charge in [0.1, 0.15) is 5.84 Å². The van der Waals surface area contributed by atoms with Crippen molar-refractivity contribution in [3.05, 3.63) is 29.3 Å². The van der Waals surface area contributed by atoms with Crippen LogP contribution in [0.3, 0.4) is 0 Å². The third-order valence-corrected chi connectivity index (χ3v) is 7.01. The van der Waals surface area contributed by atoms with Crippen molar-refractivity contribution in [3.63, 3.8) is 0 Å². The Morgan fingerprint density at radius 3 is 2.41 bits per heavy atom. The molecule has 3 aliphatic rings. The van der Waals surface area contributed by atoms with Gasteiger partial charge in [-0.2, -0.15) is 0 Å². The molecule has 1 aromatic rings. The maximum absolute atomic E-state index is 13.7. The minimum absolute atomic E-state index is 0.00427. The number of halogens is 1. The Kier molecular flexibility index (Phi) is 6.01. The molecule has 6 heteroatoms. The molecule has 158 valence electrons. The fourth-order valence-corrected chi connectivity index (χ4v) is 5.23. The van der Waals surface area contributed by atoms with E-state index in [9.17, 15) is 4.79 Å². The smallest absolute Gasteiger partial charge is 0.240 e. The van der Waals surface area contributed by atoms with Crippen LogP contribution in [0.15, 0.2) is 29.3 Å². The third kappa shape index (κ3) is 4.10. The van der Waals surface area contributed by atoms with Gasteiger partial charge in [-0.05, 0) is 51.9 Å².